The predicted octanol–water partition coefficient (Wildman–Crippen LogP) is 5.11. The van der Waals surface area contributed by atoms with Crippen molar-refractivity contribution in [1.29, 1.82) is 0 Å². The van der Waals surface area contributed by atoms with Crippen LogP contribution in [0.4, 0.5) is 0 Å². The number of ether oxygens (including phenoxy) is 2. The van der Waals surface area contributed by atoms with Crippen molar-refractivity contribution >= 4 is 17.5 Å². The van der Waals surface area contributed by atoms with Crippen LogP contribution in [-0.4, -0.2) is 50.7 Å². The Morgan fingerprint density at radius 1 is 1.24 bits per heavy atom. The van der Waals surface area contributed by atoms with Gasteiger partial charge in [0.25, 0.3) is 0 Å². The van der Waals surface area contributed by atoms with Crippen molar-refractivity contribution < 1.29 is 14.3 Å². The molecule has 0 saturated carbocycles. The van der Waals surface area contributed by atoms with E-state index in [-0.39, 0.29) is 17.9 Å². The monoisotopic (exact) mass is 468 g/mol. The number of ketones is 1. The molecule has 33 heavy (non-hydrogen) atoms. The number of methoxy groups -OCH3 is 1. The molecule has 0 unspecified atom stereocenters. The number of Topliss-reactive ketones (excluding diaryl/α,β-unsaturated/α-hetero) is 1. The molecule has 4 rings (SSSR count). The van der Waals surface area contributed by atoms with E-state index in [1.54, 1.807) is 7.11 Å². The number of aryl methyl sites for hydroxylation is 1. The normalized spacial score (nSPS) is 16.0. The molecule has 0 spiro atoms. The SMILES string of the molecule is COc1ccc(-c2nnc(SCC(=O)c3cc(C)n(C[C@H]4CCCO4)c3C)n2C(C)C)cc1. The van der Waals surface area contributed by atoms with E-state index in [1.165, 1.54) is 11.8 Å². The Morgan fingerprint density at radius 3 is 2.64 bits per heavy atom. The van der Waals surface area contributed by atoms with E-state index >= 15 is 0 Å². The quantitative estimate of drug-likeness (QED) is 0.321. The highest BCUT2D eigenvalue weighted by Gasteiger charge is 2.23. The topological polar surface area (TPSA) is 71.2 Å². The summed E-state index contributed by atoms with van der Waals surface area (Å²) in [6.45, 7) is 9.93. The number of hydrogen-bond acceptors (Lipinski definition) is 6. The first-order chi connectivity index (χ1) is 15.9. The van der Waals surface area contributed by atoms with Gasteiger partial charge in [0.05, 0.1) is 19.0 Å². The van der Waals surface area contributed by atoms with Gasteiger partial charge in [-0.2, -0.15) is 0 Å². The van der Waals surface area contributed by atoms with Gasteiger partial charge in [-0.05, 0) is 70.9 Å². The summed E-state index contributed by atoms with van der Waals surface area (Å²) in [4.78, 5) is 13.1. The standard InChI is InChI=1S/C25H32N4O3S/c1-16(2)29-24(19-8-10-20(31-5)11-9-19)26-27-25(29)33-15-23(30)22-13-17(3)28(18(22)4)14-21-7-6-12-32-21/h8-11,13,16,21H,6-7,12,14-15H2,1-5H3/t21-/m1/s1. The maximum atomic E-state index is 13.1. The molecule has 0 radical (unpaired) electrons. The summed E-state index contributed by atoms with van der Waals surface area (Å²) in [6, 6.07) is 9.94. The van der Waals surface area contributed by atoms with Crippen LogP contribution >= 0.6 is 11.8 Å². The summed E-state index contributed by atoms with van der Waals surface area (Å²) in [6.07, 6.45) is 2.44. The van der Waals surface area contributed by atoms with Gasteiger partial charge in [-0.15, -0.1) is 10.2 Å². The van der Waals surface area contributed by atoms with Gasteiger partial charge in [-0.25, -0.2) is 0 Å². The van der Waals surface area contributed by atoms with E-state index < -0.39 is 0 Å². The van der Waals surface area contributed by atoms with Crippen molar-refractivity contribution in [2.24, 2.45) is 0 Å². The number of hydrogen-bond donors (Lipinski definition) is 0. The molecule has 2 aromatic heterocycles. The van der Waals surface area contributed by atoms with Gasteiger partial charge in [-0.3, -0.25) is 9.36 Å². The molecule has 3 heterocycles. The lowest BCUT2D eigenvalue weighted by Crippen LogP contribution is -2.17. The van der Waals surface area contributed by atoms with Crippen LogP contribution in [0, 0.1) is 13.8 Å². The molecule has 1 aromatic carbocycles. The minimum Gasteiger partial charge on any atom is -0.497 e. The first-order valence-corrected chi connectivity index (χ1v) is 12.4. The molecule has 7 nitrogen and oxygen atoms in total. The van der Waals surface area contributed by atoms with E-state index in [0.717, 1.165) is 65.2 Å². The van der Waals surface area contributed by atoms with Crippen molar-refractivity contribution in [2.45, 2.75) is 64.4 Å². The summed E-state index contributed by atoms with van der Waals surface area (Å²) in [5, 5.41) is 9.58. The number of nitrogens with zero attached hydrogens (tertiary/aromatic N) is 4. The predicted molar refractivity (Wildman–Crippen MR) is 130 cm³/mol. The molecular formula is C25H32N4O3S. The molecule has 8 heteroatoms. The molecule has 1 aliphatic rings. The third-order valence-corrected chi connectivity index (χ3v) is 7.09. The largest absolute Gasteiger partial charge is 0.497 e. The molecule has 0 N–H and O–H groups in total. The summed E-state index contributed by atoms with van der Waals surface area (Å²) < 4.78 is 15.4. The van der Waals surface area contributed by atoms with E-state index in [4.69, 9.17) is 9.47 Å². The molecule has 1 atom stereocenters. The lowest BCUT2D eigenvalue weighted by molar-refractivity contribution is 0.0957. The Balaban J connectivity index is 1.50. The minimum absolute atomic E-state index is 0.107. The lowest BCUT2D eigenvalue weighted by atomic mass is 10.2. The fraction of sp³-hybridized carbons (Fsp3) is 0.480. The van der Waals surface area contributed by atoms with Crippen LogP contribution in [0.25, 0.3) is 11.4 Å². The third kappa shape index (κ3) is 5.01. The highest BCUT2D eigenvalue weighted by Crippen LogP contribution is 2.30. The van der Waals surface area contributed by atoms with Crippen LogP contribution in [0.2, 0.25) is 0 Å². The Labute approximate surface area is 199 Å². The van der Waals surface area contributed by atoms with Crippen LogP contribution in [0.1, 0.15) is 54.5 Å². The number of benzene rings is 1. The summed E-state index contributed by atoms with van der Waals surface area (Å²) >= 11 is 1.44. The lowest BCUT2D eigenvalue weighted by Gasteiger charge is -2.15. The van der Waals surface area contributed by atoms with Crippen LogP contribution < -0.4 is 4.74 Å². The van der Waals surface area contributed by atoms with E-state index in [9.17, 15) is 4.79 Å². The summed E-state index contributed by atoms with van der Waals surface area (Å²) in [5.74, 6) is 2.01. The van der Waals surface area contributed by atoms with Crippen LogP contribution in [0.5, 0.6) is 5.75 Å². The maximum absolute atomic E-state index is 13.1. The zero-order valence-electron chi connectivity index (χ0n) is 20.0. The number of rotatable bonds is 9. The highest BCUT2D eigenvalue weighted by molar-refractivity contribution is 7.99. The van der Waals surface area contributed by atoms with E-state index in [1.807, 2.05) is 37.3 Å². The van der Waals surface area contributed by atoms with Gasteiger partial charge in [0, 0.05) is 41.7 Å². The minimum atomic E-state index is 0.107. The molecule has 0 amide bonds. The Hall–Kier alpha value is -2.58. The Bertz CT molecular complexity index is 1110. The van der Waals surface area contributed by atoms with Gasteiger partial charge in [-0.1, -0.05) is 11.8 Å². The fourth-order valence-corrected chi connectivity index (χ4v) is 5.29. The zero-order valence-corrected chi connectivity index (χ0v) is 20.8. The van der Waals surface area contributed by atoms with Gasteiger partial charge in [0.2, 0.25) is 0 Å². The summed E-state index contributed by atoms with van der Waals surface area (Å²) in [7, 11) is 1.65. The molecule has 176 valence electrons. The highest BCUT2D eigenvalue weighted by atomic mass is 32.2. The van der Waals surface area contributed by atoms with Crippen LogP contribution in [-0.2, 0) is 11.3 Å². The first kappa shape index (κ1) is 23.6. The number of carbonyl (C=O) groups excluding carboxylic acids is 1. The van der Waals surface area contributed by atoms with Crippen molar-refractivity contribution in [2.75, 3.05) is 19.5 Å². The van der Waals surface area contributed by atoms with Crippen molar-refractivity contribution in [3.05, 3.63) is 47.3 Å². The van der Waals surface area contributed by atoms with Crippen molar-refractivity contribution in [3.63, 3.8) is 0 Å². The molecule has 0 bridgehead atoms. The molecular weight excluding hydrogens is 436 g/mol. The van der Waals surface area contributed by atoms with Crippen LogP contribution in [0.3, 0.4) is 0 Å². The maximum Gasteiger partial charge on any atom is 0.192 e. The van der Waals surface area contributed by atoms with Gasteiger partial charge in [0.1, 0.15) is 5.75 Å². The van der Waals surface area contributed by atoms with Gasteiger partial charge < -0.3 is 14.0 Å². The number of aromatic nitrogens is 4. The fourth-order valence-electron chi connectivity index (χ4n) is 4.34. The van der Waals surface area contributed by atoms with E-state index in [0.29, 0.717) is 5.75 Å². The van der Waals surface area contributed by atoms with Gasteiger partial charge in [0.15, 0.2) is 16.8 Å². The average molecular weight is 469 g/mol. The first-order valence-electron chi connectivity index (χ1n) is 11.4. The Kier molecular flexibility index (Phi) is 7.24. The second kappa shape index (κ2) is 10.1. The summed E-state index contributed by atoms with van der Waals surface area (Å²) in [5.41, 5.74) is 3.86. The van der Waals surface area contributed by atoms with Crippen LogP contribution in [0.15, 0.2) is 35.5 Å². The van der Waals surface area contributed by atoms with Crippen molar-refractivity contribution in [1.82, 2.24) is 19.3 Å². The third-order valence-electron chi connectivity index (χ3n) is 6.15. The zero-order chi connectivity index (χ0) is 23.5. The van der Waals surface area contributed by atoms with Crippen molar-refractivity contribution in [3.8, 4) is 17.1 Å². The second-order valence-corrected chi connectivity index (χ2v) is 9.68. The number of thioether (sulfide) groups is 1. The molecule has 3 aromatic rings. The van der Waals surface area contributed by atoms with E-state index in [2.05, 4.69) is 40.1 Å². The molecule has 0 aliphatic carbocycles. The molecule has 1 aliphatic heterocycles. The molecule has 1 fully saturated rings. The second-order valence-electron chi connectivity index (χ2n) is 8.74. The Morgan fingerprint density at radius 2 is 2.00 bits per heavy atom. The smallest absolute Gasteiger partial charge is 0.192 e. The number of carbonyl (C=O) groups is 1. The molecule has 1 saturated heterocycles. The average Bonchev–Trinajstić information content (AvgIpc) is 3.54. The van der Waals surface area contributed by atoms with Gasteiger partial charge >= 0.3 is 0 Å².